The van der Waals surface area contributed by atoms with Crippen LogP contribution in [-0.4, -0.2) is 103 Å². The fourth-order valence-corrected chi connectivity index (χ4v) is 6.93. The van der Waals surface area contributed by atoms with Crippen molar-refractivity contribution in [2.45, 2.75) is 31.4 Å². The first-order valence-corrected chi connectivity index (χ1v) is 14.3. The number of hydrogen-bond donors (Lipinski definition) is 3. The number of nitrogens with two attached hydrogens (primary N) is 1. The SMILES string of the molecule is CN(C)CCN(C)Cc1ccc(-c2cc(N(C)C)c3c(c2O)C(=O)C2C(=O)[C@]4(O)C(=O)C(C(N)=O)C(=O)C[C@@H]4C[C@@H]2C3)o1. The first-order valence-electron chi connectivity index (χ1n) is 14.3. The van der Waals surface area contributed by atoms with Crippen LogP contribution in [0.4, 0.5) is 5.69 Å². The molecule has 1 heterocycles. The summed E-state index contributed by atoms with van der Waals surface area (Å²) in [7, 11) is 9.56. The van der Waals surface area contributed by atoms with E-state index in [-0.39, 0.29) is 36.1 Å². The Balaban J connectivity index is 1.53. The maximum absolute atomic E-state index is 14.1. The first-order chi connectivity index (χ1) is 20.2. The van der Waals surface area contributed by atoms with Gasteiger partial charge in [0.1, 0.15) is 17.3 Å². The standard InChI is InChI=1S/C31H38N4O8/c1-33(2)8-9-35(5)14-17-6-7-22(43-17)19-13-20(34(3)4)18-11-15-10-16-12-21(36)25(30(32)41)29(40)31(16,42)28(39)23(15)27(38)24(18)26(19)37/h6-7,13,15-16,23,25,37,42H,8-12,14H2,1-5H3,(H2,32,41)/t15-,16+,23?,25?,31+/m1/s1. The van der Waals surface area contributed by atoms with E-state index >= 15 is 0 Å². The second-order valence-corrected chi connectivity index (χ2v) is 12.6. The highest BCUT2D eigenvalue weighted by Gasteiger charge is 2.66. The highest BCUT2D eigenvalue weighted by Crippen LogP contribution is 2.52. The Morgan fingerprint density at radius 3 is 2.37 bits per heavy atom. The van der Waals surface area contributed by atoms with E-state index in [1.54, 1.807) is 37.2 Å². The third-order valence-corrected chi connectivity index (χ3v) is 9.14. The smallest absolute Gasteiger partial charge is 0.235 e. The van der Waals surface area contributed by atoms with Gasteiger partial charge in [0.2, 0.25) is 5.91 Å². The molecule has 2 saturated carbocycles. The lowest BCUT2D eigenvalue weighted by molar-refractivity contribution is -0.175. The summed E-state index contributed by atoms with van der Waals surface area (Å²) in [5.74, 6) is -9.43. The molecule has 0 bridgehead atoms. The molecular formula is C31H38N4O8. The summed E-state index contributed by atoms with van der Waals surface area (Å²) in [6.07, 6.45) is -0.131. The number of likely N-dealkylation sites (N-methyl/N-ethyl adjacent to an activating group) is 2. The molecule has 1 aromatic heterocycles. The molecule has 2 aromatic rings. The molecule has 2 unspecified atom stereocenters. The Kier molecular flexibility index (Phi) is 7.82. The van der Waals surface area contributed by atoms with Gasteiger partial charge in [-0.25, -0.2) is 0 Å². The molecule has 43 heavy (non-hydrogen) atoms. The molecule has 12 heteroatoms. The van der Waals surface area contributed by atoms with Crippen LogP contribution in [-0.2, 0) is 32.1 Å². The van der Waals surface area contributed by atoms with E-state index in [4.69, 9.17) is 10.2 Å². The molecule has 1 aromatic carbocycles. The summed E-state index contributed by atoms with van der Waals surface area (Å²) in [5.41, 5.74) is 3.97. The van der Waals surface area contributed by atoms with Crippen molar-refractivity contribution in [2.75, 3.05) is 53.2 Å². The number of aromatic hydroxyl groups is 1. The average Bonchev–Trinajstić information content (AvgIpc) is 3.37. The van der Waals surface area contributed by atoms with Gasteiger partial charge in [-0.05, 0) is 63.7 Å². The first kappa shape index (κ1) is 30.6. The molecular weight excluding hydrogens is 556 g/mol. The van der Waals surface area contributed by atoms with Crippen molar-refractivity contribution in [1.29, 1.82) is 0 Å². The number of furan rings is 1. The van der Waals surface area contributed by atoms with Crippen LogP contribution < -0.4 is 10.6 Å². The average molecular weight is 595 g/mol. The van der Waals surface area contributed by atoms with Crippen LogP contribution in [0.5, 0.6) is 5.75 Å². The summed E-state index contributed by atoms with van der Waals surface area (Å²) in [6.45, 7) is 2.21. The number of phenols is 1. The van der Waals surface area contributed by atoms with Crippen molar-refractivity contribution >= 4 is 34.7 Å². The van der Waals surface area contributed by atoms with E-state index < -0.39 is 58.3 Å². The van der Waals surface area contributed by atoms with Crippen LogP contribution in [0.25, 0.3) is 11.3 Å². The highest BCUT2D eigenvalue weighted by atomic mass is 16.3. The number of fused-ring (bicyclic) bond motifs is 3. The van der Waals surface area contributed by atoms with E-state index in [0.29, 0.717) is 29.3 Å². The molecule has 3 aliphatic carbocycles. The molecule has 0 aliphatic heterocycles. The predicted molar refractivity (Wildman–Crippen MR) is 155 cm³/mol. The second-order valence-electron chi connectivity index (χ2n) is 12.6. The molecule has 1 amide bonds. The lowest BCUT2D eigenvalue weighted by Crippen LogP contribution is -2.68. The Hall–Kier alpha value is -3.87. The van der Waals surface area contributed by atoms with Gasteiger partial charge in [-0.15, -0.1) is 0 Å². The van der Waals surface area contributed by atoms with Gasteiger partial charge >= 0.3 is 0 Å². The summed E-state index contributed by atoms with van der Waals surface area (Å²) in [5, 5.41) is 23.0. The number of rotatable bonds is 8. The summed E-state index contributed by atoms with van der Waals surface area (Å²) in [4.78, 5) is 71.6. The maximum atomic E-state index is 14.1. The fraction of sp³-hybridized carbons (Fsp3) is 0.516. The molecule has 3 aliphatic rings. The number of ketones is 4. The van der Waals surface area contributed by atoms with Crippen molar-refractivity contribution in [1.82, 2.24) is 9.80 Å². The zero-order chi connectivity index (χ0) is 31.5. The van der Waals surface area contributed by atoms with Gasteiger partial charge in [0.25, 0.3) is 0 Å². The lowest BCUT2D eigenvalue weighted by atomic mass is 9.53. The zero-order valence-electron chi connectivity index (χ0n) is 25.0. The normalized spacial score (nSPS) is 26.9. The number of primary amides is 1. The van der Waals surface area contributed by atoms with Gasteiger partial charge in [0, 0.05) is 45.2 Å². The number of carbonyl (C=O) groups excluding carboxylic acids is 5. The largest absolute Gasteiger partial charge is 0.506 e. The quantitative estimate of drug-likeness (QED) is 0.366. The van der Waals surface area contributed by atoms with E-state index in [1.165, 1.54) is 0 Å². The van der Waals surface area contributed by atoms with Crippen LogP contribution in [0.1, 0.15) is 34.5 Å². The van der Waals surface area contributed by atoms with Crippen molar-refractivity contribution in [3.8, 4) is 17.1 Å². The number of amides is 1. The summed E-state index contributed by atoms with van der Waals surface area (Å²) < 4.78 is 6.09. The number of aliphatic hydroxyl groups is 1. The number of anilines is 1. The van der Waals surface area contributed by atoms with Crippen LogP contribution in [0.15, 0.2) is 22.6 Å². The maximum Gasteiger partial charge on any atom is 0.235 e. The van der Waals surface area contributed by atoms with Crippen molar-refractivity contribution < 1.29 is 38.6 Å². The number of nitrogens with zero attached hydrogens (tertiary/aromatic N) is 3. The van der Waals surface area contributed by atoms with Gasteiger partial charge in [-0.1, -0.05) is 0 Å². The number of phenolic OH excluding ortho intramolecular Hbond substituents is 1. The minimum Gasteiger partial charge on any atom is -0.506 e. The van der Waals surface area contributed by atoms with Gasteiger partial charge < -0.3 is 30.2 Å². The minimum atomic E-state index is -2.69. The number of Topliss-reactive ketones (excluding diaryl/α,β-unsaturated/α-hetero) is 4. The zero-order valence-corrected chi connectivity index (χ0v) is 25.0. The molecule has 4 N–H and O–H groups in total. The predicted octanol–water partition coefficient (Wildman–Crippen LogP) is 0.646. The minimum absolute atomic E-state index is 0.0410. The van der Waals surface area contributed by atoms with Gasteiger partial charge in [-0.2, -0.15) is 0 Å². The van der Waals surface area contributed by atoms with Crippen molar-refractivity contribution in [3.63, 3.8) is 0 Å². The topological polar surface area (TPSA) is 175 Å². The number of carbonyl (C=O) groups is 5. The highest BCUT2D eigenvalue weighted by molar-refractivity contribution is 6.31. The van der Waals surface area contributed by atoms with E-state index in [1.807, 2.05) is 21.1 Å². The lowest BCUT2D eigenvalue weighted by Gasteiger charge is -2.48. The third-order valence-electron chi connectivity index (χ3n) is 9.14. The van der Waals surface area contributed by atoms with Crippen molar-refractivity contribution in [3.05, 3.63) is 35.1 Å². The van der Waals surface area contributed by atoms with Gasteiger partial charge in [0.05, 0.1) is 23.6 Å². The Morgan fingerprint density at radius 1 is 1.05 bits per heavy atom. The number of benzene rings is 1. The Labute approximate surface area is 249 Å². The van der Waals surface area contributed by atoms with Gasteiger partial charge in [0.15, 0.2) is 34.7 Å². The Bertz CT molecular complexity index is 1530. The molecule has 2 fully saturated rings. The van der Waals surface area contributed by atoms with Gasteiger partial charge in [-0.3, -0.25) is 28.9 Å². The van der Waals surface area contributed by atoms with E-state index in [9.17, 15) is 34.2 Å². The van der Waals surface area contributed by atoms with Crippen LogP contribution in [0, 0.1) is 23.7 Å². The van der Waals surface area contributed by atoms with E-state index in [0.717, 1.165) is 13.1 Å². The van der Waals surface area contributed by atoms with Crippen LogP contribution in [0.3, 0.4) is 0 Å². The monoisotopic (exact) mass is 594 g/mol. The third kappa shape index (κ3) is 4.96. The van der Waals surface area contributed by atoms with E-state index in [2.05, 4.69) is 9.80 Å². The summed E-state index contributed by atoms with van der Waals surface area (Å²) in [6, 6.07) is 5.26. The van der Waals surface area contributed by atoms with Crippen LogP contribution >= 0.6 is 0 Å². The fourth-order valence-electron chi connectivity index (χ4n) is 6.93. The molecule has 0 radical (unpaired) electrons. The number of hydrogen-bond acceptors (Lipinski definition) is 11. The second kappa shape index (κ2) is 11.0. The molecule has 230 valence electrons. The molecule has 5 rings (SSSR count). The molecule has 5 atom stereocenters. The molecule has 0 spiro atoms. The summed E-state index contributed by atoms with van der Waals surface area (Å²) >= 11 is 0. The van der Waals surface area contributed by atoms with Crippen molar-refractivity contribution in [2.24, 2.45) is 29.4 Å². The Morgan fingerprint density at radius 2 is 1.74 bits per heavy atom. The molecule has 0 saturated heterocycles. The molecule has 12 nitrogen and oxygen atoms in total. The van der Waals surface area contributed by atoms with Crippen LogP contribution in [0.2, 0.25) is 0 Å².